The molecule has 18 heavy (non-hydrogen) atoms. The molecule has 8 heteroatoms. The highest BCUT2D eigenvalue weighted by Gasteiger charge is 2.20. The number of nitrogens with two attached hydrogens (primary N) is 1. The molecule has 2 aromatic rings. The van der Waals surface area contributed by atoms with E-state index in [1.165, 1.54) is 19.2 Å². The van der Waals surface area contributed by atoms with Crippen molar-refractivity contribution >= 4 is 17.5 Å². The van der Waals surface area contributed by atoms with E-state index in [2.05, 4.69) is 15.4 Å². The number of ether oxygens (including phenoxy) is 1. The number of nitrogens with zero attached hydrogens (tertiary/aromatic N) is 2. The van der Waals surface area contributed by atoms with E-state index in [4.69, 9.17) is 22.1 Å². The first kappa shape index (κ1) is 12.2. The van der Waals surface area contributed by atoms with Crippen molar-refractivity contribution in [2.75, 3.05) is 7.11 Å². The third kappa shape index (κ3) is 1.84. The number of phenols is 1. The molecule has 0 aliphatic rings. The number of amides is 1. The van der Waals surface area contributed by atoms with Crippen molar-refractivity contribution < 1.29 is 14.6 Å². The van der Waals surface area contributed by atoms with Crippen LogP contribution in [0.15, 0.2) is 12.1 Å². The van der Waals surface area contributed by atoms with Gasteiger partial charge in [0.05, 0.1) is 12.1 Å². The number of carbonyl (C=O) groups is 1. The number of H-pyrrole nitrogens is 1. The summed E-state index contributed by atoms with van der Waals surface area (Å²) in [6, 6.07) is 2.87. The van der Waals surface area contributed by atoms with Crippen LogP contribution in [-0.4, -0.2) is 33.5 Å². The van der Waals surface area contributed by atoms with Gasteiger partial charge in [-0.15, -0.1) is 0 Å². The Balaban J connectivity index is 2.65. The van der Waals surface area contributed by atoms with Gasteiger partial charge in [0.1, 0.15) is 5.69 Å². The molecule has 0 radical (unpaired) electrons. The van der Waals surface area contributed by atoms with Gasteiger partial charge < -0.3 is 15.6 Å². The maximum Gasteiger partial charge on any atom is 0.271 e. The van der Waals surface area contributed by atoms with Gasteiger partial charge in [-0.1, -0.05) is 11.6 Å². The molecule has 1 heterocycles. The third-order valence-electron chi connectivity index (χ3n) is 2.32. The Morgan fingerprint density at radius 2 is 2.22 bits per heavy atom. The molecule has 0 saturated heterocycles. The number of nitrogens with one attached hydrogen (secondary N) is 1. The van der Waals surface area contributed by atoms with Gasteiger partial charge >= 0.3 is 0 Å². The number of methoxy groups -OCH3 is 1. The van der Waals surface area contributed by atoms with Crippen molar-refractivity contribution in [3.8, 4) is 22.8 Å². The van der Waals surface area contributed by atoms with E-state index in [9.17, 15) is 9.90 Å². The molecular weight excluding hydrogens is 260 g/mol. The Kier molecular flexibility index (Phi) is 3.07. The Bertz CT molecular complexity index is 611. The van der Waals surface area contributed by atoms with E-state index in [0.29, 0.717) is 5.56 Å². The minimum absolute atomic E-state index is 0.0374. The zero-order valence-electron chi connectivity index (χ0n) is 9.27. The second kappa shape index (κ2) is 4.53. The van der Waals surface area contributed by atoms with Crippen LogP contribution >= 0.6 is 11.6 Å². The SMILES string of the molecule is COc1c(O)ccc(-c2n[nH]nc2C(N)=O)c1Cl. The highest BCUT2D eigenvalue weighted by Crippen LogP contribution is 2.40. The first-order valence-corrected chi connectivity index (χ1v) is 5.20. The average Bonchev–Trinajstić information content (AvgIpc) is 2.78. The zero-order chi connectivity index (χ0) is 13.3. The minimum Gasteiger partial charge on any atom is -0.504 e. The largest absolute Gasteiger partial charge is 0.504 e. The molecule has 2 rings (SSSR count). The summed E-state index contributed by atoms with van der Waals surface area (Å²) in [7, 11) is 1.36. The number of phenolic OH excluding ortho intramolecular Hbond substituents is 1. The molecule has 0 unspecified atom stereocenters. The van der Waals surface area contributed by atoms with Crippen molar-refractivity contribution in [3.05, 3.63) is 22.8 Å². The molecule has 1 aromatic heterocycles. The quantitative estimate of drug-likeness (QED) is 0.766. The van der Waals surface area contributed by atoms with Crippen molar-refractivity contribution in [1.82, 2.24) is 15.4 Å². The number of carbonyl (C=O) groups excluding carboxylic acids is 1. The van der Waals surface area contributed by atoms with E-state index in [1.807, 2.05) is 0 Å². The standard InChI is InChI=1S/C10H9ClN4O3/c1-18-9-5(16)3-2-4(6(9)11)7-8(10(12)17)14-15-13-7/h2-3,16H,1H3,(H2,12,17)(H,13,14,15). The molecule has 4 N–H and O–H groups in total. The van der Waals surface area contributed by atoms with Crippen LogP contribution in [0.1, 0.15) is 10.5 Å². The third-order valence-corrected chi connectivity index (χ3v) is 2.69. The first-order chi connectivity index (χ1) is 8.56. The van der Waals surface area contributed by atoms with Gasteiger partial charge in [-0.05, 0) is 12.1 Å². The van der Waals surface area contributed by atoms with Gasteiger partial charge in [0, 0.05) is 5.56 Å². The second-order valence-corrected chi connectivity index (χ2v) is 3.74. The zero-order valence-corrected chi connectivity index (χ0v) is 10.0. The normalized spacial score (nSPS) is 10.3. The Morgan fingerprint density at radius 3 is 2.83 bits per heavy atom. The summed E-state index contributed by atoms with van der Waals surface area (Å²) in [6.45, 7) is 0. The molecule has 0 aliphatic heterocycles. The van der Waals surface area contributed by atoms with Gasteiger partial charge in [-0.25, -0.2) is 0 Å². The van der Waals surface area contributed by atoms with E-state index < -0.39 is 5.91 Å². The number of rotatable bonds is 3. The number of halogens is 1. The summed E-state index contributed by atoms with van der Waals surface area (Å²) >= 11 is 6.06. The number of hydrogen-bond acceptors (Lipinski definition) is 5. The highest BCUT2D eigenvalue weighted by atomic mass is 35.5. The van der Waals surface area contributed by atoms with E-state index >= 15 is 0 Å². The fourth-order valence-corrected chi connectivity index (χ4v) is 1.84. The molecule has 7 nitrogen and oxygen atoms in total. The first-order valence-electron chi connectivity index (χ1n) is 4.82. The van der Waals surface area contributed by atoms with Crippen molar-refractivity contribution in [1.29, 1.82) is 0 Å². The Morgan fingerprint density at radius 1 is 1.50 bits per heavy atom. The number of aromatic hydroxyl groups is 1. The number of benzene rings is 1. The summed E-state index contributed by atoms with van der Waals surface area (Å²) in [5, 5.41) is 19.4. The van der Waals surface area contributed by atoms with Crippen molar-refractivity contribution in [2.45, 2.75) is 0 Å². The topological polar surface area (TPSA) is 114 Å². The van der Waals surface area contributed by atoms with E-state index in [0.717, 1.165) is 0 Å². The molecule has 0 fully saturated rings. The predicted octanol–water partition coefficient (Wildman–Crippen LogP) is 0.938. The van der Waals surface area contributed by atoms with E-state index in [-0.39, 0.29) is 27.9 Å². The van der Waals surface area contributed by atoms with Gasteiger partial charge in [0.2, 0.25) is 0 Å². The van der Waals surface area contributed by atoms with Crippen LogP contribution in [0.4, 0.5) is 0 Å². The monoisotopic (exact) mass is 268 g/mol. The lowest BCUT2D eigenvalue weighted by Crippen LogP contribution is -2.12. The molecule has 0 aliphatic carbocycles. The van der Waals surface area contributed by atoms with Gasteiger partial charge in [-0.3, -0.25) is 4.79 Å². The summed E-state index contributed by atoms with van der Waals surface area (Å²) in [5.41, 5.74) is 5.71. The Labute approximate surface area is 107 Å². The second-order valence-electron chi connectivity index (χ2n) is 3.36. The lowest BCUT2D eigenvalue weighted by atomic mass is 10.1. The maximum atomic E-state index is 11.2. The van der Waals surface area contributed by atoms with Crippen LogP contribution in [0.2, 0.25) is 5.02 Å². The average molecular weight is 269 g/mol. The van der Waals surface area contributed by atoms with Crippen LogP contribution in [0.3, 0.4) is 0 Å². The lowest BCUT2D eigenvalue weighted by Gasteiger charge is -2.09. The summed E-state index contributed by atoms with van der Waals surface area (Å²) in [5.74, 6) is -0.759. The fraction of sp³-hybridized carbons (Fsp3) is 0.100. The highest BCUT2D eigenvalue weighted by molar-refractivity contribution is 6.35. The van der Waals surface area contributed by atoms with Crippen LogP contribution in [-0.2, 0) is 0 Å². The molecule has 1 aromatic carbocycles. The van der Waals surface area contributed by atoms with Crippen LogP contribution in [0, 0.1) is 0 Å². The molecule has 0 atom stereocenters. The molecule has 94 valence electrons. The number of primary amides is 1. The van der Waals surface area contributed by atoms with Crippen LogP contribution in [0.25, 0.3) is 11.3 Å². The maximum absolute atomic E-state index is 11.2. The smallest absolute Gasteiger partial charge is 0.271 e. The summed E-state index contributed by atoms with van der Waals surface area (Å²) in [6.07, 6.45) is 0. The molecule has 0 bridgehead atoms. The molecular formula is C10H9ClN4O3. The van der Waals surface area contributed by atoms with Gasteiger partial charge in [-0.2, -0.15) is 15.4 Å². The van der Waals surface area contributed by atoms with Crippen LogP contribution in [0.5, 0.6) is 11.5 Å². The summed E-state index contributed by atoms with van der Waals surface area (Å²) in [4.78, 5) is 11.2. The summed E-state index contributed by atoms with van der Waals surface area (Å²) < 4.78 is 4.96. The predicted molar refractivity (Wildman–Crippen MR) is 63.6 cm³/mol. The molecule has 1 amide bonds. The van der Waals surface area contributed by atoms with Gasteiger partial charge in [0.15, 0.2) is 17.2 Å². The lowest BCUT2D eigenvalue weighted by molar-refractivity contribution is 0.0996. The van der Waals surface area contributed by atoms with Crippen LogP contribution < -0.4 is 10.5 Å². The van der Waals surface area contributed by atoms with Gasteiger partial charge in [0.25, 0.3) is 5.91 Å². The number of hydrogen-bond donors (Lipinski definition) is 3. The molecule has 0 saturated carbocycles. The van der Waals surface area contributed by atoms with E-state index in [1.54, 1.807) is 0 Å². The number of aromatic amines is 1. The molecule has 0 spiro atoms. The van der Waals surface area contributed by atoms with Crippen molar-refractivity contribution in [3.63, 3.8) is 0 Å². The fourth-order valence-electron chi connectivity index (χ4n) is 1.51. The van der Waals surface area contributed by atoms with Crippen molar-refractivity contribution in [2.24, 2.45) is 5.73 Å². The Hall–Kier alpha value is -2.28. The minimum atomic E-state index is -0.734. The number of aromatic nitrogens is 3.